The summed E-state index contributed by atoms with van der Waals surface area (Å²) in [6.07, 6.45) is 1.95. The van der Waals surface area contributed by atoms with Gasteiger partial charge in [0.2, 0.25) is 0 Å². The first-order valence-corrected chi connectivity index (χ1v) is 11.2. The lowest BCUT2D eigenvalue weighted by atomic mass is 9.92. The lowest BCUT2D eigenvalue weighted by Crippen LogP contribution is -2.24. The number of halogens is 2. The second-order valence-electron chi connectivity index (χ2n) is 7.84. The normalized spacial score (nSPS) is 13.8. The van der Waals surface area contributed by atoms with Crippen molar-refractivity contribution >= 4 is 45.5 Å². The molecule has 1 aliphatic heterocycles. The van der Waals surface area contributed by atoms with E-state index in [1.54, 1.807) is 6.07 Å². The maximum Gasteiger partial charge on any atom is 0.187 e. The van der Waals surface area contributed by atoms with E-state index < -0.39 is 0 Å². The van der Waals surface area contributed by atoms with Crippen molar-refractivity contribution in [1.82, 2.24) is 15.3 Å². The fraction of sp³-hybridized carbons (Fsp3) is 0.154. The number of benzene rings is 3. The van der Waals surface area contributed by atoms with Gasteiger partial charge in [0.1, 0.15) is 5.82 Å². The minimum absolute atomic E-state index is 0.499. The van der Waals surface area contributed by atoms with E-state index in [1.807, 2.05) is 30.3 Å². The summed E-state index contributed by atoms with van der Waals surface area (Å²) < 4.78 is 0. The Morgan fingerprint density at radius 2 is 1.66 bits per heavy atom. The molecule has 1 fully saturated rings. The van der Waals surface area contributed by atoms with Crippen LogP contribution in [0, 0.1) is 6.57 Å². The maximum absolute atomic E-state index is 7.26. The van der Waals surface area contributed by atoms with Crippen LogP contribution in [0.1, 0.15) is 24.2 Å². The topological polar surface area (TPSA) is 45.1 Å². The standard InChI is InChI=1S/C26H20Cl2N4/c1-29-20-4-2-3-19(13-20)16-5-7-17(8-6-16)25(18-9-11-30-12-10-18)26-31-23-14-21(27)22(28)15-24(23)32-26/h2-8,13-15,30H,9-12H2,(H,31,32). The minimum Gasteiger partial charge on any atom is -0.338 e. The Labute approximate surface area is 196 Å². The van der Waals surface area contributed by atoms with Crippen LogP contribution in [0.5, 0.6) is 0 Å². The second-order valence-corrected chi connectivity index (χ2v) is 8.65. The van der Waals surface area contributed by atoms with Gasteiger partial charge in [-0.05, 0) is 60.8 Å². The van der Waals surface area contributed by atoms with Crippen molar-refractivity contribution in [3.8, 4) is 11.1 Å². The molecule has 1 aromatic heterocycles. The average Bonchev–Trinajstić information content (AvgIpc) is 3.22. The Kier molecular flexibility index (Phi) is 5.71. The number of hydrogen-bond donors (Lipinski definition) is 2. The molecule has 2 heterocycles. The van der Waals surface area contributed by atoms with Crippen LogP contribution in [-0.2, 0) is 0 Å². The molecule has 1 saturated heterocycles. The zero-order chi connectivity index (χ0) is 22.1. The van der Waals surface area contributed by atoms with E-state index in [0.717, 1.165) is 65.1 Å². The summed E-state index contributed by atoms with van der Waals surface area (Å²) in [6, 6.07) is 19.8. The second kappa shape index (κ2) is 8.80. The van der Waals surface area contributed by atoms with E-state index in [0.29, 0.717) is 15.7 Å². The molecule has 32 heavy (non-hydrogen) atoms. The number of H-pyrrole nitrogens is 1. The zero-order valence-electron chi connectivity index (χ0n) is 17.3. The summed E-state index contributed by atoms with van der Waals surface area (Å²) in [4.78, 5) is 11.9. The van der Waals surface area contributed by atoms with Crippen LogP contribution in [0.25, 0.3) is 32.6 Å². The number of nitrogens with zero attached hydrogens (tertiary/aromatic N) is 2. The largest absolute Gasteiger partial charge is 0.338 e. The van der Waals surface area contributed by atoms with Crippen LogP contribution in [0.4, 0.5) is 5.69 Å². The molecule has 1 aliphatic rings. The first-order valence-electron chi connectivity index (χ1n) is 10.5. The molecule has 0 bridgehead atoms. The lowest BCUT2D eigenvalue weighted by molar-refractivity contribution is 0.611. The Morgan fingerprint density at radius 3 is 2.41 bits per heavy atom. The van der Waals surface area contributed by atoms with E-state index in [1.165, 1.54) is 5.57 Å². The van der Waals surface area contributed by atoms with Crippen LogP contribution in [0.2, 0.25) is 10.0 Å². The van der Waals surface area contributed by atoms with Gasteiger partial charge in [-0.3, -0.25) is 0 Å². The first kappa shape index (κ1) is 20.8. The van der Waals surface area contributed by atoms with Crippen molar-refractivity contribution in [3.63, 3.8) is 0 Å². The molecular formula is C26H20Cl2N4. The van der Waals surface area contributed by atoms with Crippen molar-refractivity contribution in [2.75, 3.05) is 13.1 Å². The van der Waals surface area contributed by atoms with Gasteiger partial charge in [-0.25, -0.2) is 9.83 Å². The number of fused-ring (bicyclic) bond motifs is 1. The number of nitrogens with one attached hydrogen (secondary N) is 2. The third-order valence-corrected chi connectivity index (χ3v) is 6.53. The van der Waals surface area contributed by atoms with E-state index in [-0.39, 0.29) is 0 Å². The predicted octanol–water partition coefficient (Wildman–Crippen LogP) is 7.27. The third kappa shape index (κ3) is 4.03. The van der Waals surface area contributed by atoms with Gasteiger partial charge in [0, 0.05) is 5.57 Å². The Hall–Kier alpha value is -3.10. The molecule has 0 radical (unpaired) electrons. The zero-order valence-corrected chi connectivity index (χ0v) is 18.8. The van der Waals surface area contributed by atoms with Crippen LogP contribution in [0.15, 0.2) is 66.2 Å². The van der Waals surface area contributed by atoms with Gasteiger partial charge in [0.15, 0.2) is 5.69 Å². The van der Waals surface area contributed by atoms with E-state index in [2.05, 4.69) is 39.4 Å². The molecule has 0 amide bonds. The highest BCUT2D eigenvalue weighted by Crippen LogP contribution is 2.34. The van der Waals surface area contributed by atoms with Crippen LogP contribution in [0.3, 0.4) is 0 Å². The molecule has 158 valence electrons. The van der Waals surface area contributed by atoms with Gasteiger partial charge in [-0.15, -0.1) is 0 Å². The molecule has 4 aromatic rings. The first-order chi connectivity index (χ1) is 15.6. The summed E-state index contributed by atoms with van der Waals surface area (Å²) in [7, 11) is 0. The van der Waals surface area contributed by atoms with Gasteiger partial charge < -0.3 is 10.3 Å². The van der Waals surface area contributed by atoms with Crippen LogP contribution in [-0.4, -0.2) is 23.1 Å². The van der Waals surface area contributed by atoms with Crippen molar-refractivity contribution in [1.29, 1.82) is 0 Å². The highest BCUT2D eigenvalue weighted by molar-refractivity contribution is 6.42. The van der Waals surface area contributed by atoms with Gasteiger partial charge in [-0.2, -0.15) is 0 Å². The average molecular weight is 459 g/mol. The quantitative estimate of drug-likeness (QED) is 0.317. The summed E-state index contributed by atoms with van der Waals surface area (Å²) in [5, 5.41) is 4.44. The monoisotopic (exact) mass is 458 g/mol. The Morgan fingerprint density at radius 1 is 0.906 bits per heavy atom. The van der Waals surface area contributed by atoms with Gasteiger partial charge in [0.25, 0.3) is 0 Å². The van der Waals surface area contributed by atoms with Gasteiger partial charge in [0.05, 0.1) is 27.7 Å². The van der Waals surface area contributed by atoms with Crippen molar-refractivity contribution < 1.29 is 0 Å². The molecule has 0 aliphatic carbocycles. The smallest absolute Gasteiger partial charge is 0.187 e. The molecule has 0 saturated carbocycles. The number of rotatable bonds is 3. The summed E-state index contributed by atoms with van der Waals surface area (Å²) in [5.74, 6) is 0.831. The minimum atomic E-state index is 0.499. The SMILES string of the molecule is [C-]#[N+]c1cccc(-c2ccc(C(=C3CCNCC3)c3nc4cc(Cl)c(Cl)cc4[nH]3)cc2)c1. The summed E-state index contributed by atoms with van der Waals surface area (Å²) in [6.45, 7) is 9.17. The van der Waals surface area contributed by atoms with E-state index >= 15 is 0 Å². The van der Waals surface area contributed by atoms with Crippen molar-refractivity contribution in [3.05, 3.63) is 99.1 Å². The third-order valence-electron chi connectivity index (χ3n) is 5.80. The Bertz CT molecular complexity index is 1330. The number of hydrogen-bond acceptors (Lipinski definition) is 2. The Balaban J connectivity index is 1.60. The molecular weight excluding hydrogens is 439 g/mol. The number of aromatic nitrogens is 2. The molecule has 3 aromatic carbocycles. The van der Waals surface area contributed by atoms with Crippen LogP contribution < -0.4 is 5.32 Å². The van der Waals surface area contributed by atoms with Crippen molar-refractivity contribution in [2.45, 2.75) is 12.8 Å². The fourth-order valence-corrected chi connectivity index (χ4v) is 4.52. The predicted molar refractivity (Wildman–Crippen MR) is 132 cm³/mol. The van der Waals surface area contributed by atoms with E-state index in [4.69, 9.17) is 34.8 Å². The highest BCUT2D eigenvalue weighted by atomic mass is 35.5. The number of aromatic amines is 1. The van der Waals surface area contributed by atoms with Crippen LogP contribution >= 0.6 is 23.2 Å². The molecule has 5 rings (SSSR count). The van der Waals surface area contributed by atoms with Crippen molar-refractivity contribution in [2.24, 2.45) is 0 Å². The number of imidazole rings is 1. The van der Waals surface area contributed by atoms with Gasteiger partial charge >= 0.3 is 0 Å². The molecule has 2 N–H and O–H groups in total. The molecule has 4 nitrogen and oxygen atoms in total. The molecule has 0 spiro atoms. The van der Waals surface area contributed by atoms with E-state index in [9.17, 15) is 0 Å². The molecule has 0 unspecified atom stereocenters. The molecule has 6 heteroatoms. The summed E-state index contributed by atoms with van der Waals surface area (Å²) in [5.41, 5.74) is 8.06. The van der Waals surface area contributed by atoms with Gasteiger partial charge in [-0.1, -0.05) is 71.2 Å². The highest BCUT2D eigenvalue weighted by Gasteiger charge is 2.18. The maximum atomic E-state index is 7.26. The lowest BCUT2D eigenvalue weighted by Gasteiger charge is -2.20. The fourth-order valence-electron chi connectivity index (χ4n) is 4.19. The number of piperidine rings is 1. The molecule has 0 atom stereocenters. The summed E-state index contributed by atoms with van der Waals surface area (Å²) >= 11 is 12.4.